The Morgan fingerprint density at radius 2 is 2.22 bits per heavy atom. The first-order valence-corrected chi connectivity index (χ1v) is 6.45. The molecule has 3 aromatic heterocycles. The fraction of sp³-hybridized carbons (Fsp3) is 0.133. The van der Waals surface area contributed by atoms with Gasteiger partial charge in [-0.15, -0.1) is 0 Å². The lowest BCUT2D eigenvalue weighted by Crippen LogP contribution is -2.16. The van der Waals surface area contributed by atoms with Crippen LogP contribution < -0.4 is 5.73 Å². The van der Waals surface area contributed by atoms with E-state index in [1.165, 1.54) is 12.1 Å². The van der Waals surface area contributed by atoms with Gasteiger partial charge in [-0.05, 0) is 25.1 Å². The lowest BCUT2D eigenvalue weighted by atomic mass is 10.00. The highest BCUT2D eigenvalue weighted by Crippen LogP contribution is 2.32. The van der Waals surface area contributed by atoms with Crippen LogP contribution in [0.2, 0.25) is 0 Å². The third kappa shape index (κ3) is 2.78. The molecule has 0 aliphatic rings. The third-order valence-corrected chi connectivity index (χ3v) is 3.03. The Morgan fingerprint density at radius 3 is 2.83 bits per heavy atom. The van der Waals surface area contributed by atoms with E-state index < -0.39 is 24.5 Å². The van der Waals surface area contributed by atoms with Gasteiger partial charge in [-0.25, -0.2) is 9.37 Å². The second-order valence-corrected chi connectivity index (χ2v) is 4.68. The van der Waals surface area contributed by atoms with Crippen molar-refractivity contribution < 1.29 is 17.8 Å². The summed E-state index contributed by atoms with van der Waals surface area (Å²) in [6, 6.07) is 4.02. The quantitative estimate of drug-likeness (QED) is 0.792. The van der Waals surface area contributed by atoms with E-state index in [4.69, 9.17) is 14.4 Å². The molecule has 0 saturated heterocycles. The molecule has 0 unspecified atom stereocenters. The van der Waals surface area contributed by atoms with Crippen molar-refractivity contribution in [3.05, 3.63) is 47.5 Å². The summed E-state index contributed by atoms with van der Waals surface area (Å²) in [6.07, 6.45) is 0.966. The second-order valence-electron chi connectivity index (χ2n) is 4.68. The summed E-state index contributed by atoms with van der Waals surface area (Å²) in [7, 11) is 0. The summed E-state index contributed by atoms with van der Waals surface area (Å²) < 4.78 is 40.0. The van der Waals surface area contributed by atoms with Gasteiger partial charge in [0.15, 0.2) is 0 Å². The van der Waals surface area contributed by atoms with Gasteiger partial charge in [0.1, 0.15) is 11.5 Å². The van der Waals surface area contributed by atoms with Crippen molar-refractivity contribution in [3.8, 4) is 22.6 Å². The van der Waals surface area contributed by atoms with E-state index in [-0.39, 0.29) is 28.3 Å². The van der Waals surface area contributed by atoms with Crippen molar-refractivity contribution in [1.82, 2.24) is 20.1 Å². The zero-order chi connectivity index (χ0) is 19.1. The summed E-state index contributed by atoms with van der Waals surface area (Å²) >= 11 is 0. The number of carbonyl (C=O) groups excluding carboxylic acids is 1. The summed E-state index contributed by atoms with van der Waals surface area (Å²) in [5.74, 6) is -2.04. The van der Waals surface area contributed by atoms with Crippen molar-refractivity contribution in [1.29, 1.82) is 0 Å². The Hall–Kier alpha value is -3.16. The number of hydrogen-bond donors (Lipinski definition) is 1. The molecule has 116 valence electrons. The highest BCUT2D eigenvalue weighted by molar-refractivity contribution is 6.01. The lowest BCUT2D eigenvalue weighted by Gasteiger charge is -2.11. The highest BCUT2D eigenvalue weighted by atomic mass is 19.1. The number of halogens is 1. The molecule has 7 nitrogen and oxygen atoms in total. The molecule has 8 heteroatoms. The van der Waals surface area contributed by atoms with Gasteiger partial charge < -0.3 is 10.3 Å². The van der Waals surface area contributed by atoms with E-state index in [0.717, 1.165) is 12.3 Å². The van der Waals surface area contributed by atoms with Gasteiger partial charge in [0.2, 0.25) is 11.7 Å². The molecule has 0 atom stereocenters. The number of pyridine rings is 2. The molecule has 3 heterocycles. The van der Waals surface area contributed by atoms with Gasteiger partial charge in [0.05, 0.1) is 11.9 Å². The van der Waals surface area contributed by atoms with Crippen LogP contribution in [0.1, 0.15) is 26.2 Å². The molecular weight excluding hydrogens is 301 g/mol. The second kappa shape index (κ2) is 5.56. The Kier molecular flexibility index (Phi) is 2.76. The van der Waals surface area contributed by atoms with Crippen molar-refractivity contribution in [2.75, 3.05) is 0 Å². The number of amides is 1. The van der Waals surface area contributed by atoms with Crippen molar-refractivity contribution >= 4 is 5.91 Å². The van der Waals surface area contributed by atoms with Gasteiger partial charge >= 0.3 is 0 Å². The zero-order valence-corrected chi connectivity index (χ0v) is 11.9. The molecule has 23 heavy (non-hydrogen) atoms. The number of aromatic nitrogens is 4. The maximum Gasteiger partial charge on any atom is 0.268 e. The predicted molar refractivity (Wildman–Crippen MR) is 78.7 cm³/mol. The summed E-state index contributed by atoms with van der Waals surface area (Å²) in [5, 5.41) is 3.67. The molecule has 0 aliphatic heterocycles. The minimum Gasteiger partial charge on any atom is -0.364 e. The van der Waals surface area contributed by atoms with Gasteiger partial charge in [-0.1, -0.05) is 5.16 Å². The number of rotatable bonds is 3. The first-order valence-electron chi connectivity index (χ1n) is 7.95. The van der Waals surface area contributed by atoms with Crippen LogP contribution in [0, 0.1) is 19.6 Å². The van der Waals surface area contributed by atoms with Crippen LogP contribution in [0.4, 0.5) is 4.39 Å². The van der Waals surface area contributed by atoms with E-state index in [9.17, 15) is 9.18 Å². The van der Waals surface area contributed by atoms with Gasteiger partial charge in [0.25, 0.3) is 5.91 Å². The van der Waals surface area contributed by atoms with Crippen LogP contribution >= 0.6 is 0 Å². The van der Waals surface area contributed by atoms with Crippen molar-refractivity contribution in [2.45, 2.75) is 13.8 Å². The van der Waals surface area contributed by atoms with Crippen LogP contribution in [-0.2, 0) is 0 Å². The van der Waals surface area contributed by atoms with E-state index in [2.05, 4.69) is 20.1 Å². The number of carbonyl (C=O) groups is 1. The molecule has 2 N–H and O–H groups in total. The molecule has 3 rings (SSSR count). The monoisotopic (exact) mass is 316 g/mol. The van der Waals surface area contributed by atoms with Gasteiger partial charge in [0, 0.05) is 27.8 Å². The number of aryl methyl sites for hydroxylation is 2. The number of nitrogens with zero attached hydrogens (tertiary/aromatic N) is 4. The first kappa shape index (κ1) is 11.4. The van der Waals surface area contributed by atoms with Crippen LogP contribution in [0.5, 0.6) is 0 Å². The minimum absolute atomic E-state index is 0.0785. The Labute approximate surface area is 134 Å². The fourth-order valence-electron chi connectivity index (χ4n) is 2.14. The zero-order valence-electron chi connectivity index (χ0n) is 14.9. The Morgan fingerprint density at radius 1 is 1.39 bits per heavy atom. The average Bonchev–Trinajstić information content (AvgIpc) is 3.05. The SMILES string of the molecule is [2H]C([2H])([2H])c1nc(-c2cc(C)nc(C(N)=O)c2-c2ccc(F)cn2)no1. The molecule has 0 aromatic carbocycles. The van der Waals surface area contributed by atoms with Crippen LogP contribution in [0.25, 0.3) is 22.6 Å². The molecule has 0 radical (unpaired) electrons. The van der Waals surface area contributed by atoms with E-state index in [0.29, 0.717) is 5.69 Å². The highest BCUT2D eigenvalue weighted by Gasteiger charge is 2.22. The molecule has 3 aromatic rings. The average molecular weight is 316 g/mol. The maximum atomic E-state index is 13.2. The maximum absolute atomic E-state index is 13.2. The first-order chi connectivity index (χ1) is 12.2. The predicted octanol–water partition coefficient (Wildman–Crippen LogP) is 2.05. The van der Waals surface area contributed by atoms with E-state index in [1.807, 2.05) is 0 Å². The molecule has 0 spiro atoms. The van der Waals surface area contributed by atoms with Gasteiger partial charge in [-0.3, -0.25) is 9.78 Å². The molecule has 0 aliphatic carbocycles. The van der Waals surface area contributed by atoms with Crippen LogP contribution in [0.15, 0.2) is 28.9 Å². The molecular formula is C15H12FN5O2. The van der Waals surface area contributed by atoms with Crippen molar-refractivity contribution in [2.24, 2.45) is 5.73 Å². The topological polar surface area (TPSA) is 108 Å². The van der Waals surface area contributed by atoms with Gasteiger partial charge in [-0.2, -0.15) is 4.98 Å². The van der Waals surface area contributed by atoms with Crippen molar-refractivity contribution in [3.63, 3.8) is 0 Å². The molecule has 0 bridgehead atoms. The minimum atomic E-state index is -2.59. The van der Waals surface area contributed by atoms with E-state index in [1.54, 1.807) is 6.92 Å². The summed E-state index contributed by atoms with van der Waals surface area (Å²) in [6.45, 7) is -0.976. The summed E-state index contributed by atoms with van der Waals surface area (Å²) in [4.78, 5) is 23.8. The molecule has 0 fully saturated rings. The third-order valence-electron chi connectivity index (χ3n) is 3.03. The normalized spacial score (nSPS) is 13.2. The summed E-state index contributed by atoms with van der Waals surface area (Å²) in [5.41, 5.74) is 6.30. The number of hydrogen-bond acceptors (Lipinski definition) is 6. The standard InChI is InChI=1S/C15H12FN5O2/c1-7-5-10(15-20-8(2)23-21-15)12(13(19-7)14(17)22)11-4-3-9(16)6-18-11/h3-6H,1-2H3,(H2,17,22)/i2D3. The molecule has 1 amide bonds. The molecule has 0 saturated carbocycles. The lowest BCUT2D eigenvalue weighted by molar-refractivity contribution is 0.0996. The van der Waals surface area contributed by atoms with Crippen LogP contribution in [-0.4, -0.2) is 26.0 Å². The smallest absolute Gasteiger partial charge is 0.268 e. The Bertz CT molecular complexity index is 986. The number of nitrogens with two attached hydrogens (primary N) is 1. The van der Waals surface area contributed by atoms with Crippen LogP contribution in [0.3, 0.4) is 0 Å². The Balaban J connectivity index is 2.29. The largest absolute Gasteiger partial charge is 0.364 e. The number of primary amides is 1. The fourth-order valence-corrected chi connectivity index (χ4v) is 2.14. The van der Waals surface area contributed by atoms with E-state index >= 15 is 0 Å².